The highest BCUT2D eigenvalue weighted by molar-refractivity contribution is 6.42. The number of nitrogens with zero attached hydrogens (tertiary/aromatic N) is 2. The lowest BCUT2D eigenvalue weighted by Gasteiger charge is -2.05. The van der Waals surface area contributed by atoms with Crippen LogP contribution in [0.15, 0.2) is 60.8 Å². The van der Waals surface area contributed by atoms with Crippen molar-refractivity contribution in [1.29, 1.82) is 0 Å². The average Bonchev–Trinajstić information content (AvgIpc) is 3.14. The number of aryl methyl sites for hydroxylation is 1. The largest absolute Gasteiger partial charge is 0.356 e. The van der Waals surface area contributed by atoms with Crippen LogP contribution in [0.3, 0.4) is 0 Å². The summed E-state index contributed by atoms with van der Waals surface area (Å²) in [5, 5.41) is 8.59. The van der Waals surface area contributed by atoms with Crippen molar-refractivity contribution in [2.75, 3.05) is 6.54 Å². The summed E-state index contributed by atoms with van der Waals surface area (Å²) in [6.45, 7) is 0.581. The minimum Gasteiger partial charge on any atom is -0.356 e. The van der Waals surface area contributed by atoms with Crippen LogP contribution in [0.1, 0.15) is 24.1 Å². The van der Waals surface area contributed by atoms with E-state index in [1.165, 1.54) is 0 Å². The van der Waals surface area contributed by atoms with Gasteiger partial charge in [0.05, 0.1) is 21.4 Å². The van der Waals surface area contributed by atoms with E-state index in [4.69, 9.17) is 23.2 Å². The zero-order valence-electron chi connectivity index (χ0n) is 14.9. The van der Waals surface area contributed by atoms with E-state index in [9.17, 15) is 4.79 Å². The predicted octanol–water partition coefficient (Wildman–Crippen LogP) is 4.86. The lowest BCUT2D eigenvalue weighted by atomic mass is 10.1. The Balaban J connectivity index is 1.37. The van der Waals surface area contributed by atoms with Gasteiger partial charge < -0.3 is 5.32 Å². The van der Waals surface area contributed by atoms with Crippen LogP contribution >= 0.6 is 23.2 Å². The third-order valence-electron chi connectivity index (χ3n) is 4.22. The third-order valence-corrected chi connectivity index (χ3v) is 4.96. The Morgan fingerprint density at radius 2 is 1.81 bits per heavy atom. The van der Waals surface area contributed by atoms with E-state index in [0.717, 1.165) is 29.8 Å². The van der Waals surface area contributed by atoms with Crippen LogP contribution in [0, 0.1) is 0 Å². The summed E-state index contributed by atoms with van der Waals surface area (Å²) in [5.74, 6) is 0.0533. The zero-order chi connectivity index (χ0) is 19.1. The van der Waals surface area contributed by atoms with Crippen LogP contribution in [-0.2, 0) is 17.6 Å². The van der Waals surface area contributed by atoms with E-state index in [-0.39, 0.29) is 5.91 Å². The number of carbonyl (C=O) groups excluding carboxylic acids is 1. The first-order chi connectivity index (χ1) is 13.1. The van der Waals surface area contributed by atoms with Crippen LogP contribution in [0.5, 0.6) is 0 Å². The molecule has 1 heterocycles. The Morgan fingerprint density at radius 1 is 1.00 bits per heavy atom. The maximum Gasteiger partial charge on any atom is 0.220 e. The number of rotatable bonds is 8. The summed E-state index contributed by atoms with van der Waals surface area (Å²) >= 11 is 11.9. The fourth-order valence-corrected chi connectivity index (χ4v) is 3.11. The Labute approximate surface area is 169 Å². The molecule has 1 amide bonds. The van der Waals surface area contributed by atoms with Crippen molar-refractivity contribution in [3.05, 3.63) is 82.1 Å². The molecule has 2 aromatic carbocycles. The smallest absolute Gasteiger partial charge is 0.220 e. The van der Waals surface area contributed by atoms with Gasteiger partial charge in [0.15, 0.2) is 0 Å². The zero-order valence-corrected chi connectivity index (χ0v) is 16.4. The summed E-state index contributed by atoms with van der Waals surface area (Å²) in [6.07, 6.45) is 4.69. The van der Waals surface area contributed by atoms with Gasteiger partial charge in [-0.1, -0.05) is 47.5 Å². The molecule has 0 fully saturated rings. The van der Waals surface area contributed by atoms with Crippen LogP contribution in [0.25, 0.3) is 5.69 Å². The molecule has 27 heavy (non-hydrogen) atoms. The van der Waals surface area contributed by atoms with Crippen LogP contribution in [0.4, 0.5) is 0 Å². The van der Waals surface area contributed by atoms with E-state index in [2.05, 4.69) is 10.4 Å². The van der Waals surface area contributed by atoms with Gasteiger partial charge in [-0.2, -0.15) is 5.10 Å². The number of benzene rings is 2. The second-order valence-corrected chi connectivity index (χ2v) is 7.10. The van der Waals surface area contributed by atoms with E-state index in [0.29, 0.717) is 29.4 Å². The first-order valence-electron chi connectivity index (χ1n) is 8.92. The van der Waals surface area contributed by atoms with Gasteiger partial charge in [0.25, 0.3) is 0 Å². The molecule has 0 unspecified atom stereocenters. The van der Waals surface area contributed by atoms with E-state index in [1.54, 1.807) is 6.07 Å². The first kappa shape index (κ1) is 19.5. The van der Waals surface area contributed by atoms with Gasteiger partial charge in [0.1, 0.15) is 0 Å². The van der Waals surface area contributed by atoms with Gasteiger partial charge in [0, 0.05) is 25.6 Å². The molecule has 3 rings (SSSR count). The molecule has 6 heteroatoms. The van der Waals surface area contributed by atoms with Gasteiger partial charge in [-0.15, -0.1) is 0 Å². The quantitative estimate of drug-likeness (QED) is 0.585. The highest BCUT2D eigenvalue weighted by Gasteiger charge is 2.05. The van der Waals surface area contributed by atoms with Crippen LogP contribution in [-0.4, -0.2) is 22.2 Å². The second kappa shape index (κ2) is 9.58. The monoisotopic (exact) mass is 401 g/mol. The van der Waals surface area contributed by atoms with Crippen molar-refractivity contribution < 1.29 is 4.79 Å². The van der Waals surface area contributed by atoms with E-state index < -0.39 is 0 Å². The number of carbonyl (C=O) groups is 1. The van der Waals surface area contributed by atoms with Crippen LogP contribution < -0.4 is 5.32 Å². The average molecular weight is 402 g/mol. The Bertz CT molecular complexity index is 893. The molecule has 0 spiro atoms. The minimum atomic E-state index is 0.0533. The van der Waals surface area contributed by atoms with Gasteiger partial charge in [-0.25, -0.2) is 4.68 Å². The topological polar surface area (TPSA) is 46.9 Å². The molecule has 1 aromatic heterocycles. The first-order valence-corrected chi connectivity index (χ1v) is 9.68. The normalized spacial score (nSPS) is 10.7. The molecule has 3 aromatic rings. The van der Waals surface area contributed by atoms with E-state index in [1.807, 2.05) is 59.4 Å². The second-order valence-electron chi connectivity index (χ2n) is 6.29. The molecular formula is C21H21Cl2N3O. The number of amides is 1. The van der Waals surface area contributed by atoms with Crippen molar-refractivity contribution in [1.82, 2.24) is 15.1 Å². The standard InChI is InChI=1S/C21H21Cl2N3O/c22-19-10-9-16(15-20(19)23)5-4-8-21(27)24-13-11-17-12-14-26(25-17)18-6-2-1-3-7-18/h1-3,6-7,9-10,12,14-15H,4-5,8,11,13H2,(H,24,27). The van der Waals surface area contributed by atoms with Gasteiger partial charge >= 0.3 is 0 Å². The molecule has 0 aliphatic rings. The molecular weight excluding hydrogens is 381 g/mol. The fraction of sp³-hybridized carbons (Fsp3) is 0.238. The van der Waals surface area contributed by atoms with Gasteiger partial charge in [-0.3, -0.25) is 4.79 Å². The number of hydrogen-bond donors (Lipinski definition) is 1. The third kappa shape index (κ3) is 5.84. The van der Waals surface area contributed by atoms with Gasteiger partial charge in [0.2, 0.25) is 5.91 Å². The summed E-state index contributed by atoms with van der Waals surface area (Å²) in [5.41, 5.74) is 3.06. The predicted molar refractivity (Wildman–Crippen MR) is 110 cm³/mol. The molecule has 0 radical (unpaired) electrons. The molecule has 0 atom stereocenters. The van der Waals surface area contributed by atoms with Crippen molar-refractivity contribution in [2.45, 2.75) is 25.7 Å². The maximum atomic E-state index is 12.0. The van der Waals surface area contributed by atoms with Crippen molar-refractivity contribution >= 4 is 29.1 Å². The highest BCUT2D eigenvalue weighted by atomic mass is 35.5. The summed E-state index contributed by atoms with van der Waals surface area (Å²) in [6, 6.07) is 17.5. The van der Waals surface area contributed by atoms with Crippen LogP contribution in [0.2, 0.25) is 10.0 Å². The molecule has 0 aliphatic heterocycles. The van der Waals surface area contributed by atoms with E-state index >= 15 is 0 Å². The molecule has 4 nitrogen and oxygen atoms in total. The number of halogens is 2. The Kier molecular flexibility index (Phi) is 6.91. The highest BCUT2D eigenvalue weighted by Crippen LogP contribution is 2.23. The summed E-state index contributed by atoms with van der Waals surface area (Å²) in [4.78, 5) is 12.0. The SMILES string of the molecule is O=C(CCCc1ccc(Cl)c(Cl)c1)NCCc1ccn(-c2ccccc2)n1. The molecule has 0 saturated carbocycles. The van der Waals surface area contributed by atoms with Crippen molar-refractivity contribution in [2.24, 2.45) is 0 Å². The number of nitrogens with one attached hydrogen (secondary N) is 1. The summed E-state index contributed by atoms with van der Waals surface area (Å²) < 4.78 is 1.84. The Hall–Kier alpha value is -2.30. The Morgan fingerprint density at radius 3 is 2.59 bits per heavy atom. The van der Waals surface area contributed by atoms with Crippen molar-refractivity contribution in [3.8, 4) is 5.69 Å². The molecule has 140 valence electrons. The molecule has 0 saturated heterocycles. The molecule has 0 bridgehead atoms. The van der Waals surface area contributed by atoms with Gasteiger partial charge in [-0.05, 0) is 48.7 Å². The molecule has 0 aliphatic carbocycles. The number of aromatic nitrogens is 2. The maximum absolute atomic E-state index is 12.0. The number of hydrogen-bond acceptors (Lipinski definition) is 2. The fourth-order valence-electron chi connectivity index (χ4n) is 2.79. The summed E-state index contributed by atoms with van der Waals surface area (Å²) in [7, 11) is 0. The number of para-hydroxylation sites is 1. The van der Waals surface area contributed by atoms with Crippen molar-refractivity contribution in [3.63, 3.8) is 0 Å². The molecule has 1 N–H and O–H groups in total. The lowest BCUT2D eigenvalue weighted by molar-refractivity contribution is -0.121. The lowest BCUT2D eigenvalue weighted by Crippen LogP contribution is -2.25. The minimum absolute atomic E-state index is 0.0533.